The Balaban J connectivity index is 0.000000509. The van der Waals surface area contributed by atoms with Crippen molar-refractivity contribution in [2.75, 3.05) is 0 Å². The molecule has 0 aliphatic carbocycles. The number of hydrogen-bond acceptors (Lipinski definition) is 3. The molecule has 3 nitrogen and oxygen atoms in total. The van der Waals surface area contributed by atoms with Crippen LogP contribution in [0.3, 0.4) is 0 Å². The number of pyridine rings is 1. The molecule has 2 heterocycles. The van der Waals surface area contributed by atoms with Crippen LogP contribution in [0.15, 0.2) is 16.9 Å². The van der Waals surface area contributed by atoms with Crippen molar-refractivity contribution in [1.82, 2.24) is 4.98 Å². The van der Waals surface area contributed by atoms with E-state index in [0.29, 0.717) is 5.52 Å². The van der Waals surface area contributed by atoms with Gasteiger partial charge >= 0.3 is 0 Å². The predicted octanol–water partition coefficient (Wildman–Crippen LogP) is 3.66. The van der Waals surface area contributed by atoms with Crippen LogP contribution in [0.4, 0.5) is 0 Å². The Morgan fingerprint density at radius 3 is 2.31 bits per heavy atom. The van der Waals surface area contributed by atoms with Gasteiger partial charge in [-0.3, -0.25) is 4.79 Å². The summed E-state index contributed by atoms with van der Waals surface area (Å²) in [5, 5.41) is 9.36. The van der Waals surface area contributed by atoms with E-state index in [4.69, 9.17) is 0 Å². The van der Waals surface area contributed by atoms with Gasteiger partial charge in [-0.1, -0.05) is 27.7 Å². The molecule has 90 valence electrons. The van der Waals surface area contributed by atoms with Crippen LogP contribution in [0.25, 0.3) is 10.2 Å². The van der Waals surface area contributed by atoms with Crippen molar-refractivity contribution in [1.29, 1.82) is 0 Å². The molecule has 0 radical (unpaired) electrons. The highest BCUT2D eigenvalue weighted by Gasteiger charge is 2.04. The summed E-state index contributed by atoms with van der Waals surface area (Å²) < 4.78 is 0.743. The lowest BCUT2D eigenvalue weighted by Gasteiger charge is -1.91. The summed E-state index contributed by atoms with van der Waals surface area (Å²) in [5.74, 6) is 0.0619. The van der Waals surface area contributed by atoms with E-state index in [1.165, 1.54) is 17.4 Å². The fraction of sp³-hybridized carbons (Fsp3) is 0.417. The molecular weight excluding hydrogens is 222 g/mol. The van der Waals surface area contributed by atoms with E-state index >= 15 is 0 Å². The lowest BCUT2D eigenvalue weighted by atomic mass is 10.3. The number of aromatic hydroxyl groups is 1. The Morgan fingerprint density at radius 2 is 1.75 bits per heavy atom. The number of aromatic nitrogens is 1. The summed E-state index contributed by atoms with van der Waals surface area (Å²) in [4.78, 5) is 14.6. The average molecular weight is 241 g/mol. The van der Waals surface area contributed by atoms with Crippen molar-refractivity contribution in [2.45, 2.75) is 34.6 Å². The van der Waals surface area contributed by atoms with Crippen LogP contribution < -0.4 is 5.56 Å². The number of aryl methyl sites for hydroxylation is 1. The zero-order chi connectivity index (χ0) is 12.7. The molecule has 0 aliphatic heterocycles. The molecule has 0 spiro atoms. The number of thiophene rings is 1. The molecule has 16 heavy (non-hydrogen) atoms. The summed E-state index contributed by atoms with van der Waals surface area (Å²) in [6.07, 6.45) is 0. The summed E-state index contributed by atoms with van der Waals surface area (Å²) in [6.45, 7) is 9.93. The van der Waals surface area contributed by atoms with Gasteiger partial charge in [0.15, 0.2) is 0 Å². The number of fused-ring (bicyclic) bond motifs is 1. The van der Waals surface area contributed by atoms with Crippen LogP contribution >= 0.6 is 11.3 Å². The van der Waals surface area contributed by atoms with Gasteiger partial charge in [-0.25, -0.2) is 0 Å². The predicted molar refractivity (Wildman–Crippen MR) is 71.5 cm³/mol. The van der Waals surface area contributed by atoms with Gasteiger partial charge in [0.2, 0.25) is 0 Å². The highest BCUT2D eigenvalue weighted by Crippen LogP contribution is 2.29. The summed E-state index contributed by atoms with van der Waals surface area (Å²) in [7, 11) is 0. The van der Waals surface area contributed by atoms with Crippen molar-refractivity contribution in [3.05, 3.63) is 27.4 Å². The average Bonchev–Trinajstić information content (AvgIpc) is 2.65. The van der Waals surface area contributed by atoms with Crippen LogP contribution in [-0.2, 0) is 0 Å². The van der Waals surface area contributed by atoms with Crippen molar-refractivity contribution in [2.24, 2.45) is 0 Å². The SMILES string of the molecule is CC.CC.Cc1cc2[nH]c(=O)cc(O)c2s1. The van der Waals surface area contributed by atoms with Crippen LogP contribution in [0.5, 0.6) is 5.75 Å². The number of H-pyrrole nitrogens is 1. The maximum atomic E-state index is 10.9. The van der Waals surface area contributed by atoms with Gasteiger partial charge in [0.05, 0.1) is 10.2 Å². The van der Waals surface area contributed by atoms with Crippen molar-refractivity contribution in [3.63, 3.8) is 0 Å². The lowest BCUT2D eigenvalue weighted by molar-refractivity contribution is 0.481. The van der Waals surface area contributed by atoms with E-state index in [9.17, 15) is 9.90 Å². The van der Waals surface area contributed by atoms with E-state index in [1.54, 1.807) is 0 Å². The van der Waals surface area contributed by atoms with Crippen LogP contribution in [0.2, 0.25) is 0 Å². The highest BCUT2D eigenvalue weighted by atomic mass is 32.1. The minimum Gasteiger partial charge on any atom is -0.506 e. The quantitative estimate of drug-likeness (QED) is 0.739. The fourth-order valence-electron chi connectivity index (χ4n) is 1.16. The molecule has 2 N–H and O–H groups in total. The molecule has 0 saturated carbocycles. The zero-order valence-corrected chi connectivity index (χ0v) is 11.2. The number of aromatic amines is 1. The van der Waals surface area contributed by atoms with Crippen molar-refractivity contribution >= 4 is 21.6 Å². The van der Waals surface area contributed by atoms with E-state index in [1.807, 2.05) is 40.7 Å². The second kappa shape index (κ2) is 7.06. The van der Waals surface area contributed by atoms with Crippen molar-refractivity contribution < 1.29 is 5.11 Å². The van der Waals surface area contributed by atoms with Crippen LogP contribution in [-0.4, -0.2) is 10.1 Å². The minimum atomic E-state index is -0.266. The lowest BCUT2D eigenvalue weighted by Crippen LogP contribution is -2.01. The summed E-state index contributed by atoms with van der Waals surface area (Å²) in [5.41, 5.74) is 0.445. The Labute approximate surface area is 99.8 Å². The first-order valence-corrected chi connectivity index (χ1v) is 6.31. The molecule has 4 heteroatoms. The summed E-state index contributed by atoms with van der Waals surface area (Å²) >= 11 is 1.47. The molecule has 0 aliphatic rings. The number of nitrogens with one attached hydrogen (secondary N) is 1. The smallest absolute Gasteiger partial charge is 0.252 e. The number of hydrogen-bond donors (Lipinski definition) is 2. The third kappa shape index (κ3) is 3.38. The van der Waals surface area contributed by atoms with E-state index < -0.39 is 0 Å². The van der Waals surface area contributed by atoms with Gasteiger partial charge in [0, 0.05) is 10.9 Å². The maximum Gasteiger partial charge on any atom is 0.252 e. The first kappa shape index (κ1) is 14.7. The molecule has 0 atom stereocenters. The summed E-state index contributed by atoms with van der Waals surface area (Å²) in [6, 6.07) is 3.04. The third-order valence-electron chi connectivity index (χ3n) is 1.61. The largest absolute Gasteiger partial charge is 0.506 e. The van der Waals surface area contributed by atoms with Gasteiger partial charge in [0.25, 0.3) is 5.56 Å². The van der Waals surface area contributed by atoms with Crippen molar-refractivity contribution in [3.8, 4) is 5.75 Å². The molecule has 0 unspecified atom stereocenters. The van der Waals surface area contributed by atoms with Crippen LogP contribution in [0.1, 0.15) is 32.6 Å². The van der Waals surface area contributed by atoms with E-state index in [-0.39, 0.29) is 11.3 Å². The van der Waals surface area contributed by atoms with E-state index in [2.05, 4.69) is 4.98 Å². The Kier molecular flexibility index (Phi) is 6.49. The first-order valence-electron chi connectivity index (χ1n) is 5.49. The Bertz CT molecular complexity index is 485. The standard InChI is InChI=1S/C8H7NO2S.2C2H6/c1-4-2-5-8(12-4)6(10)3-7(11)9-5;2*1-2/h2-3H,1H3,(H2,9,10,11);2*1-2H3. The molecule has 2 rings (SSSR count). The van der Waals surface area contributed by atoms with Crippen LogP contribution in [0, 0.1) is 6.92 Å². The molecule has 0 aromatic carbocycles. The third-order valence-corrected chi connectivity index (χ3v) is 2.69. The Morgan fingerprint density at radius 1 is 1.19 bits per heavy atom. The monoisotopic (exact) mass is 241 g/mol. The first-order chi connectivity index (χ1) is 7.66. The van der Waals surface area contributed by atoms with E-state index in [0.717, 1.165) is 9.58 Å². The van der Waals surface area contributed by atoms with Gasteiger partial charge in [-0.2, -0.15) is 0 Å². The normalized spacial score (nSPS) is 8.81. The molecule has 0 fully saturated rings. The topological polar surface area (TPSA) is 53.1 Å². The van der Waals surface area contributed by atoms with Gasteiger partial charge in [0.1, 0.15) is 5.75 Å². The zero-order valence-electron chi connectivity index (χ0n) is 10.4. The molecular formula is C12H19NO2S. The second-order valence-electron chi connectivity index (χ2n) is 2.62. The highest BCUT2D eigenvalue weighted by molar-refractivity contribution is 7.19. The van der Waals surface area contributed by atoms with Gasteiger partial charge in [-0.15, -0.1) is 11.3 Å². The molecule has 0 saturated heterocycles. The molecule has 0 bridgehead atoms. The van der Waals surface area contributed by atoms with Gasteiger partial charge in [-0.05, 0) is 13.0 Å². The second-order valence-corrected chi connectivity index (χ2v) is 3.88. The molecule has 0 amide bonds. The Hall–Kier alpha value is -1.29. The fourth-order valence-corrected chi connectivity index (χ4v) is 2.04. The number of rotatable bonds is 0. The molecule has 2 aromatic rings. The minimum absolute atomic E-state index is 0.0619. The maximum absolute atomic E-state index is 10.9. The molecule has 2 aromatic heterocycles. The van der Waals surface area contributed by atoms with Gasteiger partial charge < -0.3 is 10.1 Å².